The quantitative estimate of drug-likeness (QED) is 0.0615. The Bertz CT molecular complexity index is 2290. The molecular weight excluding hydrogens is 850 g/mol. The number of halogens is 9. The first-order valence-electron chi connectivity index (χ1n) is 15.6. The van der Waals surface area contributed by atoms with Crippen LogP contribution in [0.5, 0.6) is 17.2 Å². The van der Waals surface area contributed by atoms with E-state index in [4.69, 9.17) is 4.43 Å². The normalized spacial score (nSPS) is 15.1. The van der Waals surface area contributed by atoms with Crippen molar-refractivity contribution < 1.29 is 77.6 Å². The van der Waals surface area contributed by atoms with Gasteiger partial charge in [0, 0.05) is 35.5 Å². The summed E-state index contributed by atoms with van der Waals surface area (Å²) in [6, 6.07) is 16.5. The molecule has 0 aromatic heterocycles. The number of nitrogens with zero attached hydrogens (tertiary/aromatic N) is 1. The van der Waals surface area contributed by atoms with Gasteiger partial charge in [0.15, 0.2) is 11.5 Å². The molecule has 1 aliphatic rings. The fourth-order valence-electron chi connectivity index (χ4n) is 5.66. The molecule has 0 radical (unpaired) electrons. The molecule has 3 aromatic rings. The van der Waals surface area contributed by atoms with Gasteiger partial charge in [-0.1, -0.05) is 99.7 Å². The highest BCUT2D eigenvalue weighted by Gasteiger charge is 2.55. The van der Waals surface area contributed by atoms with Gasteiger partial charge in [-0.3, -0.25) is 0 Å². The van der Waals surface area contributed by atoms with Gasteiger partial charge in [0.2, 0.25) is 0 Å². The number of allylic oxidation sites excluding steroid dienone is 3. The highest BCUT2D eigenvalue weighted by Crippen LogP contribution is 2.50. The first-order valence-corrected chi connectivity index (χ1v) is 21.8. The van der Waals surface area contributed by atoms with E-state index in [1.165, 1.54) is 0 Å². The summed E-state index contributed by atoms with van der Waals surface area (Å²) in [5.74, 6) is -5.55. The number of sulfonamides is 1. The van der Waals surface area contributed by atoms with Crippen molar-refractivity contribution in [1.29, 1.82) is 0 Å². The van der Waals surface area contributed by atoms with E-state index < -0.39 is 101 Å². The number of benzene rings is 3. The Morgan fingerprint density at radius 1 is 0.696 bits per heavy atom. The maximum atomic E-state index is 14.0. The predicted octanol–water partition coefficient (Wildman–Crippen LogP) is 7.09. The molecule has 0 amide bonds. The van der Waals surface area contributed by atoms with Gasteiger partial charge in [-0.05, 0) is 21.8 Å². The number of alkyl halides is 9. The molecule has 4 rings (SSSR count). The predicted molar refractivity (Wildman–Crippen MR) is 188 cm³/mol. The molecule has 0 spiro atoms. The second kappa shape index (κ2) is 15.1. The van der Waals surface area contributed by atoms with E-state index >= 15 is 0 Å². The summed E-state index contributed by atoms with van der Waals surface area (Å²) >= 11 is 0. The van der Waals surface area contributed by atoms with Gasteiger partial charge in [0.25, 0.3) is 0 Å². The molecule has 10 nitrogen and oxygen atoms in total. The molecule has 56 heavy (non-hydrogen) atoms. The second-order valence-electron chi connectivity index (χ2n) is 12.8. The Morgan fingerprint density at radius 2 is 1.14 bits per heavy atom. The van der Waals surface area contributed by atoms with Crippen molar-refractivity contribution >= 4 is 49.0 Å². The fraction of sp³-hybridized carbons (Fsp3) is 0.273. The molecule has 0 fully saturated rings. The van der Waals surface area contributed by atoms with Gasteiger partial charge in [-0.2, -0.15) is 64.8 Å². The van der Waals surface area contributed by atoms with Gasteiger partial charge in [0.1, 0.15) is 5.75 Å². The molecule has 0 atom stereocenters. The van der Waals surface area contributed by atoms with E-state index in [-0.39, 0.29) is 4.31 Å². The van der Waals surface area contributed by atoms with Gasteiger partial charge < -0.3 is 12.8 Å². The third-order valence-corrected chi connectivity index (χ3v) is 16.3. The van der Waals surface area contributed by atoms with Crippen LogP contribution in [0.3, 0.4) is 0 Å². The van der Waals surface area contributed by atoms with Crippen LogP contribution in [0.2, 0.25) is 5.04 Å². The molecule has 0 N–H and O–H groups in total. The van der Waals surface area contributed by atoms with Crippen molar-refractivity contribution in [3.8, 4) is 17.2 Å². The van der Waals surface area contributed by atoms with Crippen molar-refractivity contribution in [1.82, 2.24) is 4.31 Å². The summed E-state index contributed by atoms with van der Waals surface area (Å²) in [4.78, 5) is 0. The Hall–Kier alpha value is -4.48. The van der Waals surface area contributed by atoms with Crippen molar-refractivity contribution in [3.05, 3.63) is 115 Å². The molecule has 23 heteroatoms. The van der Waals surface area contributed by atoms with Crippen LogP contribution < -0.4 is 23.2 Å². The second-order valence-corrected chi connectivity index (χ2v) is 21.9. The molecule has 0 unspecified atom stereocenters. The first-order chi connectivity index (χ1) is 25.5. The van der Waals surface area contributed by atoms with Gasteiger partial charge in [0.05, 0.1) is 0 Å². The third-order valence-electron chi connectivity index (χ3n) is 8.12. The molecule has 306 valence electrons. The minimum atomic E-state index is -6.80. The SMILES string of the molecule is C=CCc1c(OS(=O)(=O)C(F)(F)F)cc(O[Si](c2ccccc2)(c2ccccc2)C(C)(C)C)c(C2C=CN(S(=O)(=O)C(F)(F)F)C=C2)c1OS(=O)(=O)C(F)(F)F. The van der Waals surface area contributed by atoms with E-state index in [0.717, 1.165) is 6.08 Å². The molecule has 0 saturated carbocycles. The molecule has 1 heterocycles. The van der Waals surface area contributed by atoms with Crippen LogP contribution in [0.15, 0.2) is 104 Å². The van der Waals surface area contributed by atoms with E-state index in [0.29, 0.717) is 41.0 Å². The van der Waals surface area contributed by atoms with Crippen LogP contribution >= 0.6 is 0 Å². The topological polar surface area (TPSA) is 133 Å². The third kappa shape index (κ3) is 8.44. The summed E-state index contributed by atoms with van der Waals surface area (Å²) in [5.41, 5.74) is -20.1. The minimum Gasteiger partial charge on any atom is -0.534 e. The Balaban J connectivity index is 2.25. The van der Waals surface area contributed by atoms with Crippen LogP contribution in [-0.2, 0) is 36.7 Å². The smallest absolute Gasteiger partial charge is 0.534 e. The lowest BCUT2D eigenvalue weighted by Gasteiger charge is -2.43. The molecule has 0 bridgehead atoms. The maximum absolute atomic E-state index is 14.0. The van der Waals surface area contributed by atoms with E-state index in [2.05, 4.69) is 14.9 Å². The number of hydrogen-bond donors (Lipinski definition) is 0. The van der Waals surface area contributed by atoms with Crippen LogP contribution in [0.4, 0.5) is 39.5 Å². The summed E-state index contributed by atoms with van der Waals surface area (Å²) in [6.45, 7) is 8.34. The van der Waals surface area contributed by atoms with E-state index in [1.807, 2.05) is 0 Å². The van der Waals surface area contributed by atoms with Gasteiger partial charge >= 0.3 is 55.1 Å². The maximum Gasteiger partial charge on any atom is 0.534 e. The molecule has 0 saturated heterocycles. The number of rotatable bonds is 12. The van der Waals surface area contributed by atoms with Crippen molar-refractivity contribution in [2.24, 2.45) is 0 Å². The van der Waals surface area contributed by atoms with Crippen LogP contribution in [0.1, 0.15) is 37.8 Å². The Morgan fingerprint density at radius 3 is 1.54 bits per heavy atom. The van der Waals surface area contributed by atoms with Crippen LogP contribution in [0, 0.1) is 0 Å². The average molecular weight is 880 g/mol. The van der Waals surface area contributed by atoms with Crippen LogP contribution in [-0.4, -0.2) is 54.4 Å². The van der Waals surface area contributed by atoms with Gasteiger partial charge in [-0.15, -0.1) is 6.58 Å². The van der Waals surface area contributed by atoms with E-state index in [1.54, 1.807) is 81.4 Å². The lowest BCUT2D eigenvalue weighted by atomic mass is 9.92. The fourth-order valence-corrected chi connectivity index (χ4v) is 11.8. The van der Waals surface area contributed by atoms with Crippen molar-refractivity contribution in [3.63, 3.8) is 0 Å². The largest absolute Gasteiger partial charge is 0.534 e. The highest BCUT2D eigenvalue weighted by atomic mass is 32.2. The average Bonchev–Trinajstić information content (AvgIpc) is 3.07. The summed E-state index contributed by atoms with van der Waals surface area (Å²) in [6.07, 6.45) is 1.85. The standard InChI is InChI=1S/C33H30F9NO9S3Si/c1-5-12-25-26(50-54(46,47)32(37,38)39)21-27(52-56(30(2,3)4,23-13-8-6-9-14-23)24-15-10-7-11-16-24)28(29(25)51-55(48,49)33(40,41)42)22-17-19-43(20-18-22)53(44,45)31(34,35)36/h5-11,13-22H,1,12H2,2-4H3. The van der Waals surface area contributed by atoms with Gasteiger partial charge in [-0.25, -0.2) is 4.31 Å². The van der Waals surface area contributed by atoms with E-state index in [9.17, 15) is 64.8 Å². The Labute approximate surface area is 316 Å². The zero-order chi connectivity index (χ0) is 42.3. The molecule has 0 aliphatic carbocycles. The zero-order valence-electron chi connectivity index (χ0n) is 29.0. The Kier molecular flexibility index (Phi) is 11.9. The summed E-state index contributed by atoms with van der Waals surface area (Å²) in [7, 11) is -23.7. The highest BCUT2D eigenvalue weighted by molar-refractivity contribution is 7.90. The lowest BCUT2D eigenvalue weighted by molar-refractivity contribution is -0.0502. The monoisotopic (exact) mass is 879 g/mol. The first kappa shape index (κ1) is 44.2. The number of hydrogen-bond acceptors (Lipinski definition) is 9. The minimum absolute atomic E-state index is 0.308. The molecular formula is C33H30F9NO9S3Si. The lowest BCUT2D eigenvalue weighted by Crippen LogP contribution is -2.69. The molecule has 3 aromatic carbocycles. The summed E-state index contributed by atoms with van der Waals surface area (Å²) < 4.78 is 213. The zero-order valence-corrected chi connectivity index (χ0v) is 32.4. The van der Waals surface area contributed by atoms with Crippen LogP contribution in [0.25, 0.3) is 0 Å². The molecule has 1 aliphatic heterocycles. The summed E-state index contributed by atoms with van der Waals surface area (Å²) in [5, 5.41) is -0.249. The van der Waals surface area contributed by atoms with Crippen molar-refractivity contribution in [2.45, 2.75) is 54.7 Å². The van der Waals surface area contributed by atoms with Crippen molar-refractivity contribution in [2.75, 3.05) is 0 Å².